The summed E-state index contributed by atoms with van der Waals surface area (Å²) >= 11 is 0. The van der Waals surface area contributed by atoms with Gasteiger partial charge in [-0.2, -0.15) is 0 Å². The topological polar surface area (TPSA) is 115 Å². The Bertz CT molecular complexity index is 712. The van der Waals surface area contributed by atoms with Gasteiger partial charge in [0.2, 0.25) is 0 Å². The maximum absolute atomic E-state index is 10.5. The maximum Gasteiger partial charge on any atom is 0.335 e. The number of hydrogen-bond acceptors (Lipinski definition) is 4. The van der Waals surface area contributed by atoms with Crippen LogP contribution in [0.4, 0.5) is 0 Å². The fourth-order valence-corrected chi connectivity index (χ4v) is 2.88. The van der Waals surface area contributed by atoms with Crippen molar-refractivity contribution in [2.45, 2.75) is 84.8 Å². The van der Waals surface area contributed by atoms with E-state index >= 15 is 0 Å². The first-order valence-electron chi connectivity index (χ1n) is 11.6. The third-order valence-electron chi connectivity index (χ3n) is 4.72. The minimum atomic E-state index is -0.859. The van der Waals surface area contributed by atoms with E-state index in [4.69, 9.17) is 20.4 Å². The number of aliphatic hydroxyl groups is 2. The Morgan fingerprint density at radius 1 is 0.667 bits per heavy atom. The highest BCUT2D eigenvalue weighted by Crippen LogP contribution is 2.08. The normalized spacial score (nSPS) is 11.8. The van der Waals surface area contributed by atoms with Crippen molar-refractivity contribution in [1.82, 2.24) is 0 Å². The van der Waals surface area contributed by atoms with E-state index in [2.05, 4.69) is 13.8 Å². The number of aryl methyl sites for hydroxylation is 2. The Hall–Kier alpha value is -2.70. The van der Waals surface area contributed by atoms with Crippen molar-refractivity contribution in [3.63, 3.8) is 0 Å². The first-order chi connectivity index (χ1) is 15.6. The molecule has 2 atom stereocenters. The first kappa shape index (κ1) is 30.3. The Kier molecular flexibility index (Phi) is 16.4. The van der Waals surface area contributed by atoms with Crippen LogP contribution >= 0.6 is 0 Å². The van der Waals surface area contributed by atoms with Crippen LogP contribution in [0.2, 0.25) is 0 Å². The van der Waals surface area contributed by atoms with Crippen molar-refractivity contribution < 1.29 is 30.0 Å². The number of carboxylic acid groups (broad SMARTS) is 2. The molecule has 184 valence electrons. The molecular weight excluding hydrogens is 420 g/mol. The average Bonchev–Trinajstić information content (AvgIpc) is 2.76. The summed E-state index contributed by atoms with van der Waals surface area (Å²) in [6.07, 6.45) is 6.45. The summed E-state index contributed by atoms with van der Waals surface area (Å²) in [4.78, 5) is 21.1. The molecule has 33 heavy (non-hydrogen) atoms. The van der Waals surface area contributed by atoms with E-state index in [0.29, 0.717) is 17.5 Å². The Morgan fingerprint density at radius 2 is 0.970 bits per heavy atom. The second-order valence-corrected chi connectivity index (χ2v) is 8.15. The predicted octanol–water partition coefficient (Wildman–Crippen LogP) is 5.59. The zero-order chi connectivity index (χ0) is 25.2. The number of benzene rings is 2. The summed E-state index contributed by atoms with van der Waals surface area (Å²) in [7, 11) is 0. The molecule has 0 aromatic heterocycles. The van der Waals surface area contributed by atoms with Crippen molar-refractivity contribution in [2.75, 3.05) is 0 Å². The van der Waals surface area contributed by atoms with Gasteiger partial charge in [0.15, 0.2) is 0 Å². The van der Waals surface area contributed by atoms with Crippen molar-refractivity contribution in [3.8, 4) is 0 Å². The molecule has 6 heteroatoms. The second-order valence-electron chi connectivity index (χ2n) is 8.15. The largest absolute Gasteiger partial charge is 0.478 e. The van der Waals surface area contributed by atoms with Crippen LogP contribution in [0.5, 0.6) is 0 Å². The van der Waals surface area contributed by atoms with Gasteiger partial charge in [0.05, 0.1) is 23.3 Å². The van der Waals surface area contributed by atoms with Crippen molar-refractivity contribution in [2.24, 2.45) is 0 Å². The molecule has 0 fully saturated rings. The molecule has 0 amide bonds. The lowest BCUT2D eigenvalue weighted by molar-refractivity contribution is 0.0686. The summed E-state index contributed by atoms with van der Waals surface area (Å²) in [6, 6.07) is 14.2. The standard InChI is InChI=1S/2C11H14O2.C5H12O2/c2*1-2-3-4-9-5-7-10(8-6-9)11(12)13;1-4(6)3-5(2)7/h2*5-8H,2-4H2,1H3,(H,12,13);4-7H,3H2,1-2H3. The average molecular weight is 461 g/mol. The molecule has 4 N–H and O–H groups in total. The number of carbonyl (C=O) groups is 2. The molecule has 0 saturated heterocycles. The van der Waals surface area contributed by atoms with Gasteiger partial charge in [0, 0.05) is 0 Å². The van der Waals surface area contributed by atoms with Gasteiger partial charge in [-0.05, 0) is 81.3 Å². The van der Waals surface area contributed by atoms with Gasteiger partial charge in [0.1, 0.15) is 0 Å². The van der Waals surface area contributed by atoms with E-state index in [1.807, 2.05) is 24.3 Å². The quantitative estimate of drug-likeness (QED) is 0.367. The van der Waals surface area contributed by atoms with Crippen LogP contribution in [0.25, 0.3) is 0 Å². The number of hydrogen-bond donors (Lipinski definition) is 4. The molecule has 0 heterocycles. The predicted molar refractivity (Wildman–Crippen MR) is 132 cm³/mol. The fraction of sp³-hybridized carbons (Fsp3) is 0.481. The zero-order valence-electron chi connectivity index (χ0n) is 20.3. The molecule has 2 rings (SSSR count). The smallest absolute Gasteiger partial charge is 0.335 e. The van der Waals surface area contributed by atoms with Gasteiger partial charge in [0.25, 0.3) is 0 Å². The van der Waals surface area contributed by atoms with Crippen LogP contribution in [0.3, 0.4) is 0 Å². The molecular formula is C27H40O6. The van der Waals surface area contributed by atoms with Crippen molar-refractivity contribution >= 4 is 11.9 Å². The van der Waals surface area contributed by atoms with E-state index in [1.54, 1.807) is 38.1 Å². The molecule has 0 bridgehead atoms. The lowest BCUT2D eigenvalue weighted by Crippen LogP contribution is -2.10. The maximum atomic E-state index is 10.5. The van der Waals surface area contributed by atoms with E-state index < -0.39 is 11.9 Å². The molecule has 6 nitrogen and oxygen atoms in total. The van der Waals surface area contributed by atoms with Gasteiger partial charge in [-0.25, -0.2) is 9.59 Å². The fourth-order valence-electron chi connectivity index (χ4n) is 2.88. The molecule has 2 aromatic carbocycles. The lowest BCUT2D eigenvalue weighted by Gasteiger charge is -2.04. The van der Waals surface area contributed by atoms with E-state index in [0.717, 1.165) is 25.7 Å². The molecule has 0 radical (unpaired) electrons. The van der Waals surface area contributed by atoms with Crippen LogP contribution in [0.15, 0.2) is 48.5 Å². The van der Waals surface area contributed by atoms with Crippen molar-refractivity contribution in [3.05, 3.63) is 70.8 Å². The molecule has 0 aliphatic heterocycles. The first-order valence-corrected chi connectivity index (χ1v) is 11.6. The van der Waals surface area contributed by atoms with Crippen LogP contribution in [-0.2, 0) is 12.8 Å². The zero-order valence-corrected chi connectivity index (χ0v) is 20.3. The minimum absolute atomic E-state index is 0.361. The Balaban J connectivity index is 0.000000490. The Labute approximate surface area is 197 Å². The van der Waals surface area contributed by atoms with Crippen LogP contribution < -0.4 is 0 Å². The highest BCUT2D eigenvalue weighted by Gasteiger charge is 2.02. The monoisotopic (exact) mass is 460 g/mol. The highest BCUT2D eigenvalue weighted by molar-refractivity contribution is 5.87. The number of rotatable bonds is 10. The minimum Gasteiger partial charge on any atom is -0.478 e. The number of aliphatic hydroxyl groups excluding tert-OH is 2. The number of carboxylic acids is 2. The third kappa shape index (κ3) is 15.7. The number of aromatic carboxylic acids is 2. The molecule has 0 aliphatic rings. The molecule has 2 aromatic rings. The molecule has 0 spiro atoms. The van der Waals surface area contributed by atoms with Gasteiger partial charge >= 0.3 is 11.9 Å². The van der Waals surface area contributed by atoms with E-state index in [-0.39, 0.29) is 12.2 Å². The second kappa shape index (κ2) is 17.8. The van der Waals surface area contributed by atoms with Crippen LogP contribution in [-0.4, -0.2) is 44.6 Å². The van der Waals surface area contributed by atoms with Gasteiger partial charge in [-0.15, -0.1) is 0 Å². The van der Waals surface area contributed by atoms with Gasteiger partial charge in [-0.1, -0.05) is 51.0 Å². The van der Waals surface area contributed by atoms with Crippen LogP contribution in [0.1, 0.15) is 91.6 Å². The lowest BCUT2D eigenvalue weighted by atomic mass is 10.1. The molecule has 0 saturated carbocycles. The summed E-state index contributed by atoms with van der Waals surface area (Å²) < 4.78 is 0. The summed E-state index contributed by atoms with van der Waals surface area (Å²) in [5.41, 5.74) is 3.15. The summed E-state index contributed by atoms with van der Waals surface area (Å²) in [5, 5.41) is 34.4. The summed E-state index contributed by atoms with van der Waals surface area (Å²) in [6.45, 7) is 7.61. The summed E-state index contributed by atoms with van der Waals surface area (Å²) in [5.74, 6) is -1.72. The van der Waals surface area contributed by atoms with E-state index in [1.165, 1.54) is 24.0 Å². The third-order valence-corrected chi connectivity index (χ3v) is 4.72. The van der Waals surface area contributed by atoms with Crippen molar-refractivity contribution in [1.29, 1.82) is 0 Å². The number of unbranched alkanes of at least 4 members (excludes halogenated alkanes) is 2. The van der Waals surface area contributed by atoms with Gasteiger partial charge < -0.3 is 20.4 Å². The molecule has 2 unspecified atom stereocenters. The highest BCUT2D eigenvalue weighted by atomic mass is 16.4. The van der Waals surface area contributed by atoms with Crippen LogP contribution in [0, 0.1) is 0 Å². The Morgan fingerprint density at radius 3 is 1.15 bits per heavy atom. The van der Waals surface area contributed by atoms with E-state index in [9.17, 15) is 9.59 Å². The SMILES string of the molecule is CC(O)CC(C)O.CCCCc1ccc(C(=O)O)cc1.CCCCc1ccc(C(=O)O)cc1. The van der Waals surface area contributed by atoms with Gasteiger partial charge in [-0.3, -0.25) is 0 Å². The molecule has 0 aliphatic carbocycles.